The van der Waals surface area contributed by atoms with Gasteiger partial charge in [0.05, 0.1) is 16.6 Å². The normalized spacial score (nSPS) is 11.1. The Morgan fingerprint density at radius 3 is 2.05 bits per heavy atom. The summed E-state index contributed by atoms with van der Waals surface area (Å²) in [6.07, 6.45) is 3.53. The lowest BCUT2D eigenvalue weighted by molar-refractivity contribution is 1.18. The second kappa shape index (κ2) is 9.69. The Balaban J connectivity index is 1.44. The third kappa shape index (κ3) is 3.86. The number of benzene rings is 5. The molecule has 2 heterocycles. The molecule has 2 aromatic heterocycles. The van der Waals surface area contributed by atoms with Crippen LogP contribution in [0.1, 0.15) is 11.1 Å². The largest absolute Gasteiger partial charge is 0.309 e. The maximum atomic E-state index is 10.5. The lowest BCUT2D eigenvalue weighted by Gasteiger charge is -2.17. The molecular formula is C37H25N3. The van der Waals surface area contributed by atoms with Gasteiger partial charge in [-0.2, -0.15) is 5.26 Å². The van der Waals surface area contributed by atoms with E-state index in [0.29, 0.717) is 5.56 Å². The summed E-state index contributed by atoms with van der Waals surface area (Å²) in [5.41, 5.74) is 11.3. The van der Waals surface area contributed by atoms with Crippen LogP contribution in [-0.4, -0.2) is 9.55 Å². The minimum absolute atomic E-state index is 0.660. The van der Waals surface area contributed by atoms with Crippen LogP contribution in [0.3, 0.4) is 0 Å². The number of aryl methyl sites for hydroxylation is 1. The molecule has 0 aliphatic carbocycles. The monoisotopic (exact) mass is 511 g/mol. The van der Waals surface area contributed by atoms with Gasteiger partial charge in [-0.25, -0.2) is 0 Å². The Morgan fingerprint density at radius 1 is 0.600 bits per heavy atom. The number of rotatable bonds is 4. The Morgan fingerprint density at radius 2 is 1.27 bits per heavy atom. The topological polar surface area (TPSA) is 41.6 Å². The van der Waals surface area contributed by atoms with Gasteiger partial charge in [0.1, 0.15) is 6.07 Å². The summed E-state index contributed by atoms with van der Waals surface area (Å²) in [4.78, 5) is 4.17. The van der Waals surface area contributed by atoms with Crippen molar-refractivity contribution in [3.63, 3.8) is 0 Å². The third-order valence-electron chi connectivity index (χ3n) is 7.64. The molecule has 188 valence electrons. The van der Waals surface area contributed by atoms with Crippen molar-refractivity contribution in [2.24, 2.45) is 0 Å². The van der Waals surface area contributed by atoms with E-state index in [1.807, 2.05) is 36.4 Å². The highest BCUT2D eigenvalue weighted by atomic mass is 15.0. The second-order valence-corrected chi connectivity index (χ2v) is 10.0. The first kappa shape index (κ1) is 23.6. The first-order chi connectivity index (χ1) is 19.7. The molecule has 0 fully saturated rings. The Labute approximate surface area is 233 Å². The van der Waals surface area contributed by atoms with Crippen LogP contribution in [0.4, 0.5) is 0 Å². The van der Waals surface area contributed by atoms with Crippen molar-refractivity contribution in [1.29, 1.82) is 5.26 Å². The van der Waals surface area contributed by atoms with Crippen molar-refractivity contribution < 1.29 is 0 Å². The quantitative estimate of drug-likeness (QED) is 0.236. The number of para-hydroxylation sites is 1. The molecule has 0 bridgehead atoms. The summed E-state index contributed by atoms with van der Waals surface area (Å²) in [6, 6.07) is 44.7. The number of hydrogen-bond donors (Lipinski definition) is 0. The predicted molar refractivity (Wildman–Crippen MR) is 164 cm³/mol. The van der Waals surface area contributed by atoms with Crippen molar-refractivity contribution in [3.8, 4) is 45.1 Å². The molecule has 3 nitrogen and oxygen atoms in total. The molecule has 3 heteroatoms. The van der Waals surface area contributed by atoms with Gasteiger partial charge < -0.3 is 4.57 Å². The number of pyridine rings is 1. The molecule has 0 spiro atoms. The molecule has 0 saturated carbocycles. The highest BCUT2D eigenvalue weighted by molar-refractivity contribution is 6.09. The molecule has 5 aromatic carbocycles. The molecule has 0 unspecified atom stereocenters. The second-order valence-electron chi connectivity index (χ2n) is 10.0. The molecule has 0 aliphatic heterocycles. The summed E-state index contributed by atoms with van der Waals surface area (Å²) in [7, 11) is 0. The van der Waals surface area contributed by atoms with Crippen LogP contribution in [0.5, 0.6) is 0 Å². The molecule has 0 radical (unpaired) electrons. The van der Waals surface area contributed by atoms with Crippen LogP contribution in [0.15, 0.2) is 134 Å². The van der Waals surface area contributed by atoms with E-state index in [1.54, 1.807) is 12.4 Å². The Bertz CT molecular complexity index is 2050. The van der Waals surface area contributed by atoms with Gasteiger partial charge in [0.25, 0.3) is 0 Å². The maximum Gasteiger partial charge on any atom is 0.100 e. The summed E-state index contributed by atoms with van der Waals surface area (Å²) in [5.74, 6) is 0. The highest BCUT2D eigenvalue weighted by Gasteiger charge is 2.18. The van der Waals surface area contributed by atoms with Gasteiger partial charge >= 0.3 is 0 Å². The van der Waals surface area contributed by atoms with E-state index >= 15 is 0 Å². The predicted octanol–water partition coefficient (Wildman–Crippen LogP) is 9.36. The molecule has 0 N–H and O–H groups in total. The zero-order valence-electron chi connectivity index (χ0n) is 22.0. The van der Waals surface area contributed by atoms with Crippen LogP contribution >= 0.6 is 0 Å². The third-order valence-corrected chi connectivity index (χ3v) is 7.64. The molecule has 7 aromatic rings. The average Bonchev–Trinajstić information content (AvgIpc) is 3.34. The Kier molecular flexibility index (Phi) is 5.73. The molecular weight excluding hydrogens is 486 g/mol. The van der Waals surface area contributed by atoms with E-state index in [4.69, 9.17) is 0 Å². The maximum absolute atomic E-state index is 10.5. The fourth-order valence-electron chi connectivity index (χ4n) is 5.79. The zero-order chi connectivity index (χ0) is 27.1. The van der Waals surface area contributed by atoms with Gasteiger partial charge in [0.15, 0.2) is 0 Å². The molecule has 0 saturated heterocycles. The lowest BCUT2D eigenvalue weighted by Crippen LogP contribution is -1.96. The van der Waals surface area contributed by atoms with E-state index in [-0.39, 0.29) is 0 Å². The van der Waals surface area contributed by atoms with E-state index in [2.05, 4.69) is 107 Å². The van der Waals surface area contributed by atoms with Crippen LogP contribution in [0.2, 0.25) is 0 Å². The van der Waals surface area contributed by atoms with Crippen molar-refractivity contribution in [3.05, 3.63) is 145 Å². The van der Waals surface area contributed by atoms with Crippen molar-refractivity contribution in [1.82, 2.24) is 9.55 Å². The van der Waals surface area contributed by atoms with E-state index in [1.165, 1.54) is 27.4 Å². The van der Waals surface area contributed by atoms with Crippen molar-refractivity contribution in [2.75, 3.05) is 0 Å². The van der Waals surface area contributed by atoms with E-state index in [0.717, 1.165) is 39.1 Å². The number of aromatic nitrogens is 2. The smallest absolute Gasteiger partial charge is 0.100 e. The molecule has 0 atom stereocenters. The fraction of sp³-hybridized carbons (Fsp3) is 0.0270. The zero-order valence-corrected chi connectivity index (χ0v) is 22.0. The number of nitrogens with zero attached hydrogens (tertiary/aromatic N) is 3. The van der Waals surface area contributed by atoms with E-state index in [9.17, 15) is 5.26 Å². The molecule has 7 rings (SSSR count). The van der Waals surface area contributed by atoms with Gasteiger partial charge in [0.2, 0.25) is 0 Å². The summed E-state index contributed by atoms with van der Waals surface area (Å²) in [6.45, 7) is 2.14. The fourth-order valence-corrected chi connectivity index (χ4v) is 5.79. The van der Waals surface area contributed by atoms with Crippen LogP contribution in [0.25, 0.3) is 60.9 Å². The van der Waals surface area contributed by atoms with Gasteiger partial charge in [-0.1, -0.05) is 84.4 Å². The minimum Gasteiger partial charge on any atom is -0.309 e. The molecule has 0 aliphatic rings. The lowest BCUT2D eigenvalue weighted by atomic mass is 9.86. The highest BCUT2D eigenvalue weighted by Crippen LogP contribution is 2.40. The Hall–Kier alpha value is -5.46. The summed E-state index contributed by atoms with van der Waals surface area (Å²) < 4.78 is 2.32. The van der Waals surface area contributed by atoms with E-state index < -0.39 is 0 Å². The van der Waals surface area contributed by atoms with Crippen LogP contribution in [-0.2, 0) is 0 Å². The first-order valence-electron chi connectivity index (χ1n) is 13.4. The van der Waals surface area contributed by atoms with Gasteiger partial charge in [0, 0.05) is 40.0 Å². The number of nitriles is 1. The first-order valence-corrected chi connectivity index (χ1v) is 13.4. The minimum atomic E-state index is 0.660. The average molecular weight is 512 g/mol. The summed E-state index contributed by atoms with van der Waals surface area (Å²) in [5, 5.41) is 13.0. The standard InChI is InChI=1S/C37H25N3/c1-25-11-18-36-33(23-25)32-9-5-6-10-35(32)40(36)29-14-12-28(13-15-29)37-31(26-7-3-2-4-8-26)17-16-30(34(37)24-38)27-19-21-39-22-20-27/h2-23H,1H3. The number of hydrogen-bond acceptors (Lipinski definition) is 2. The van der Waals surface area contributed by atoms with Gasteiger partial charge in [-0.05, 0) is 71.6 Å². The molecule has 40 heavy (non-hydrogen) atoms. The summed E-state index contributed by atoms with van der Waals surface area (Å²) >= 11 is 0. The van der Waals surface area contributed by atoms with Crippen LogP contribution < -0.4 is 0 Å². The SMILES string of the molecule is Cc1ccc2c(c1)c1ccccc1n2-c1ccc(-c2c(-c3ccccc3)ccc(-c3ccncc3)c2C#N)cc1. The van der Waals surface area contributed by atoms with Gasteiger partial charge in [-0.3, -0.25) is 4.98 Å². The number of fused-ring (bicyclic) bond motifs is 3. The van der Waals surface area contributed by atoms with Gasteiger partial charge in [-0.15, -0.1) is 0 Å². The van der Waals surface area contributed by atoms with Crippen molar-refractivity contribution in [2.45, 2.75) is 6.92 Å². The van der Waals surface area contributed by atoms with Crippen molar-refractivity contribution >= 4 is 21.8 Å². The molecule has 0 amide bonds. The van der Waals surface area contributed by atoms with Crippen LogP contribution in [0, 0.1) is 18.3 Å².